The number of carbonyl (C=O) groups is 1. The van der Waals surface area contributed by atoms with Crippen molar-refractivity contribution in [2.24, 2.45) is 0 Å². The Hall–Kier alpha value is -1.73. The van der Waals surface area contributed by atoms with E-state index in [0.717, 1.165) is 10.9 Å². The monoisotopic (exact) mass is 251 g/mol. The third kappa shape index (κ3) is 3.65. The highest BCUT2D eigenvalue weighted by atomic mass is 19.4. The lowest BCUT2D eigenvalue weighted by atomic mass is 10.4. The largest absolute Gasteiger partial charge is 0.466 e. The zero-order chi connectivity index (χ0) is 13.1. The number of hydrogen-bond donors (Lipinski definition) is 1. The maximum atomic E-state index is 12.3. The van der Waals surface area contributed by atoms with Crippen molar-refractivity contribution in [2.45, 2.75) is 26.1 Å². The molecule has 0 aliphatic carbocycles. The Bertz CT molecular complexity index is 401. The van der Waals surface area contributed by atoms with Crippen LogP contribution in [0.15, 0.2) is 6.20 Å². The van der Waals surface area contributed by atoms with E-state index in [1.807, 2.05) is 0 Å². The highest BCUT2D eigenvalue weighted by Crippen LogP contribution is 2.31. The molecule has 0 saturated heterocycles. The van der Waals surface area contributed by atoms with Crippen molar-refractivity contribution in [2.75, 3.05) is 12.3 Å². The number of anilines is 1. The van der Waals surface area contributed by atoms with Crippen LogP contribution in [0.5, 0.6) is 0 Å². The Morgan fingerprint density at radius 3 is 2.71 bits per heavy atom. The number of aryl methyl sites for hydroxylation is 1. The van der Waals surface area contributed by atoms with Crippen LogP contribution in [-0.2, 0) is 22.3 Å². The molecule has 1 rings (SSSR count). The number of nitrogens with zero attached hydrogens (tertiary/aromatic N) is 2. The smallest absolute Gasteiger partial charge is 0.437 e. The maximum absolute atomic E-state index is 12.3. The van der Waals surface area contributed by atoms with Gasteiger partial charge in [0.15, 0.2) is 5.69 Å². The van der Waals surface area contributed by atoms with Gasteiger partial charge in [0.1, 0.15) is 0 Å². The number of halogens is 3. The van der Waals surface area contributed by atoms with Crippen LogP contribution in [0.3, 0.4) is 0 Å². The van der Waals surface area contributed by atoms with Crippen LogP contribution >= 0.6 is 0 Å². The molecule has 96 valence electrons. The second kappa shape index (κ2) is 5.07. The summed E-state index contributed by atoms with van der Waals surface area (Å²) in [5, 5.41) is 3.27. The zero-order valence-electron chi connectivity index (χ0n) is 9.12. The number of carbonyl (C=O) groups excluding carboxylic acids is 1. The van der Waals surface area contributed by atoms with Gasteiger partial charge in [-0.1, -0.05) is 0 Å². The topological polar surface area (TPSA) is 70.1 Å². The Morgan fingerprint density at radius 2 is 2.24 bits per heavy atom. The average Bonchev–Trinajstić information content (AvgIpc) is 2.57. The molecule has 0 aliphatic rings. The lowest BCUT2D eigenvalue weighted by molar-refractivity contribution is -0.143. The molecule has 0 unspecified atom stereocenters. The van der Waals surface area contributed by atoms with Gasteiger partial charge in [-0.15, -0.1) is 0 Å². The highest BCUT2D eigenvalue weighted by molar-refractivity contribution is 5.69. The third-order valence-electron chi connectivity index (χ3n) is 1.91. The lowest BCUT2D eigenvalue weighted by Crippen LogP contribution is -2.12. The van der Waals surface area contributed by atoms with Crippen LogP contribution in [0.4, 0.5) is 18.9 Å². The molecule has 1 aromatic heterocycles. The van der Waals surface area contributed by atoms with E-state index in [-0.39, 0.29) is 19.6 Å². The van der Waals surface area contributed by atoms with Gasteiger partial charge < -0.3 is 10.5 Å². The Balaban J connectivity index is 2.65. The first-order valence-electron chi connectivity index (χ1n) is 4.90. The van der Waals surface area contributed by atoms with Crippen LogP contribution in [0.2, 0.25) is 0 Å². The van der Waals surface area contributed by atoms with Gasteiger partial charge in [0.2, 0.25) is 0 Å². The summed E-state index contributed by atoms with van der Waals surface area (Å²) in [5.41, 5.74) is 3.58. The Morgan fingerprint density at radius 1 is 1.59 bits per heavy atom. The molecule has 8 heteroatoms. The minimum atomic E-state index is -4.58. The summed E-state index contributed by atoms with van der Waals surface area (Å²) in [5.74, 6) is -0.491. The molecule has 1 aromatic rings. The molecule has 17 heavy (non-hydrogen) atoms. The van der Waals surface area contributed by atoms with E-state index in [4.69, 9.17) is 5.73 Å². The van der Waals surface area contributed by atoms with Gasteiger partial charge >= 0.3 is 12.1 Å². The summed E-state index contributed by atoms with van der Waals surface area (Å²) >= 11 is 0. The van der Waals surface area contributed by atoms with E-state index in [1.165, 1.54) is 0 Å². The van der Waals surface area contributed by atoms with E-state index in [0.29, 0.717) is 0 Å². The SMILES string of the molecule is CCOC(=O)CCn1cc(N)c(C(F)(F)F)n1. The molecule has 2 N–H and O–H groups in total. The number of aromatic nitrogens is 2. The lowest BCUT2D eigenvalue weighted by Gasteiger charge is -2.03. The second-order valence-electron chi connectivity index (χ2n) is 3.25. The summed E-state index contributed by atoms with van der Waals surface area (Å²) in [4.78, 5) is 11.0. The summed E-state index contributed by atoms with van der Waals surface area (Å²) in [6.45, 7) is 1.87. The van der Waals surface area contributed by atoms with Crippen molar-refractivity contribution in [1.82, 2.24) is 9.78 Å². The number of nitrogen functional groups attached to an aromatic ring is 1. The third-order valence-corrected chi connectivity index (χ3v) is 1.91. The number of nitrogens with two attached hydrogens (primary N) is 1. The van der Waals surface area contributed by atoms with Crippen LogP contribution < -0.4 is 5.73 Å². The molecule has 0 spiro atoms. The molecule has 0 fully saturated rings. The molecule has 0 saturated carbocycles. The number of alkyl halides is 3. The predicted molar refractivity (Wildman–Crippen MR) is 52.9 cm³/mol. The predicted octanol–water partition coefficient (Wildman–Crippen LogP) is 1.44. The second-order valence-corrected chi connectivity index (χ2v) is 3.25. The van der Waals surface area contributed by atoms with Crippen molar-refractivity contribution in [3.63, 3.8) is 0 Å². The normalized spacial score (nSPS) is 11.5. The molecular formula is C9H12F3N3O2. The Kier molecular flexibility index (Phi) is 3.97. The zero-order valence-corrected chi connectivity index (χ0v) is 9.12. The van der Waals surface area contributed by atoms with Gasteiger partial charge in [-0.3, -0.25) is 9.48 Å². The number of rotatable bonds is 4. The Labute approximate surface area is 95.3 Å². The number of esters is 1. The molecule has 0 radical (unpaired) electrons. The van der Waals surface area contributed by atoms with Gasteiger partial charge in [0.25, 0.3) is 0 Å². The van der Waals surface area contributed by atoms with E-state index in [1.54, 1.807) is 6.92 Å². The summed E-state index contributed by atoms with van der Waals surface area (Å²) < 4.78 is 42.6. The summed E-state index contributed by atoms with van der Waals surface area (Å²) in [7, 11) is 0. The maximum Gasteiger partial charge on any atom is 0.437 e. The standard InChI is InChI=1S/C9H12F3N3O2/c1-2-17-7(16)3-4-15-5-6(13)8(14-15)9(10,11)12/h5H,2-4,13H2,1H3. The number of hydrogen-bond acceptors (Lipinski definition) is 4. The average molecular weight is 251 g/mol. The first-order valence-corrected chi connectivity index (χ1v) is 4.90. The van der Waals surface area contributed by atoms with Crippen LogP contribution in [-0.4, -0.2) is 22.4 Å². The highest BCUT2D eigenvalue weighted by Gasteiger charge is 2.36. The molecule has 0 aliphatic heterocycles. The molecule has 0 bridgehead atoms. The molecule has 0 atom stereocenters. The van der Waals surface area contributed by atoms with E-state index < -0.39 is 23.5 Å². The van der Waals surface area contributed by atoms with E-state index in [9.17, 15) is 18.0 Å². The van der Waals surface area contributed by atoms with Gasteiger partial charge in [-0.2, -0.15) is 18.3 Å². The molecule has 0 aromatic carbocycles. The van der Waals surface area contributed by atoms with Crippen molar-refractivity contribution < 1.29 is 22.7 Å². The summed E-state index contributed by atoms with van der Waals surface area (Å²) in [6.07, 6.45) is -3.59. The minimum Gasteiger partial charge on any atom is -0.466 e. The fourth-order valence-corrected chi connectivity index (χ4v) is 1.21. The van der Waals surface area contributed by atoms with Gasteiger partial charge in [0, 0.05) is 6.20 Å². The van der Waals surface area contributed by atoms with Crippen molar-refractivity contribution in [3.8, 4) is 0 Å². The van der Waals surface area contributed by atoms with Crippen LogP contribution in [0.25, 0.3) is 0 Å². The van der Waals surface area contributed by atoms with Gasteiger partial charge in [-0.05, 0) is 6.92 Å². The molecule has 0 amide bonds. The van der Waals surface area contributed by atoms with Crippen molar-refractivity contribution >= 4 is 11.7 Å². The molecule has 5 nitrogen and oxygen atoms in total. The van der Waals surface area contributed by atoms with Crippen molar-refractivity contribution in [3.05, 3.63) is 11.9 Å². The van der Waals surface area contributed by atoms with Gasteiger partial charge in [-0.25, -0.2) is 0 Å². The van der Waals surface area contributed by atoms with E-state index in [2.05, 4.69) is 9.84 Å². The van der Waals surface area contributed by atoms with E-state index >= 15 is 0 Å². The first-order chi connectivity index (χ1) is 7.84. The fourth-order valence-electron chi connectivity index (χ4n) is 1.21. The van der Waals surface area contributed by atoms with Gasteiger partial charge in [0.05, 0.1) is 25.3 Å². The van der Waals surface area contributed by atoms with Crippen LogP contribution in [0.1, 0.15) is 19.0 Å². The molecular weight excluding hydrogens is 239 g/mol. The number of ether oxygens (including phenoxy) is 1. The first kappa shape index (κ1) is 13.3. The summed E-state index contributed by atoms with van der Waals surface area (Å²) in [6, 6.07) is 0. The quantitative estimate of drug-likeness (QED) is 0.822. The fraction of sp³-hybridized carbons (Fsp3) is 0.556. The minimum absolute atomic E-state index is 0.000880. The van der Waals surface area contributed by atoms with Crippen LogP contribution in [0, 0.1) is 0 Å². The van der Waals surface area contributed by atoms with Crippen molar-refractivity contribution in [1.29, 1.82) is 0 Å². The molecule has 1 heterocycles.